The highest BCUT2D eigenvalue weighted by molar-refractivity contribution is 7.07. The number of nitrogens with two attached hydrogens (primary N) is 1. The van der Waals surface area contributed by atoms with Crippen LogP contribution in [-0.4, -0.2) is 6.04 Å². The molecule has 3 unspecified atom stereocenters. The van der Waals surface area contributed by atoms with Crippen LogP contribution < -0.4 is 5.73 Å². The lowest BCUT2D eigenvalue weighted by atomic mass is 9.77. The first-order valence-corrected chi connectivity index (χ1v) is 7.46. The Hall–Kier alpha value is -0.340. The van der Waals surface area contributed by atoms with Gasteiger partial charge < -0.3 is 5.73 Å². The second-order valence-electron chi connectivity index (χ2n) is 5.37. The van der Waals surface area contributed by atoms with E-state index < -0.39 is 0 Å². The molecule has 1 aromatic rings. The Kier molecular flexibility index (Phi) is 4.42. The quantitative estimate of drug-likeness (QED) is 0.846. The van der Waals surface area contributed by atoms with Gasteiger partial charge in [-0.25, -0.2) is 0 Å². The smallest absolute Gasteiger partial charge is 0.00704 e. The molecule has 1 fully saturated rings. The third kappa shape index (κ3) is 3.33. The molecule has 1 aliphatic carbocycles. The van der Waals surface area contributed by atoms with E-state index >= 15 is 0 Å². The molecule has 0 saturated heterocycles. The normalized spacial score (nSPS) is 27.9. The number of rotatable bonds is 4. The summed E-state index contributed by atoms with van der Waals surface area (Å²) >= 11 is 1.79. The maximum atomic E-state index is 6.33. The monoisotopic (exact) mass is 237 g/mol. The van der Waals surface area contributed by atoms with Crippen LogP contribution in [0.15, 0.2) is 16.8 Å². The van der Waals surface area contributed by atoms with Crippen molar-refractivity contribution in [1.82, 2.24) is 0 Å². The average molecular weight is 237 g/mol. The van der Waals surface area contributed by atoms with Crippen LogP contribution in [0.5, 0.6) is 0 Å². The molecule has 2 heteroatoms. The lowest BCUT2D eigenvalue weighted by Gasteiger charge is -2.31. The fraction of sp³-hybridized carbons (Fsp3) is 0.714. The molecule has 16 heavy (non-hydrogen) atoms. The second-order valence-corrected chi connectivity index (χ2v) is 6.15. The zero-order chi connectivity index (χ0) is 11.4. The van der Waals surface area contributed by atoms with Crippen LogP contribution in [0.4, 0.5) is 0 Å². The molecule has 90 valence electrons. The van der Waals surface area contributed by atoms with E-state index in [4.69, 9.17) is 5.73 Å². The number of aryl methyl sites for hydroxylation is 1. The highest BCUT2D eigenvalue weighted by atomic mass is 32.1. The van der Waals surface area contributed by atoms with E-state index in [1.54, 1.807) is 11.3 Å². The Morgan fingerprint density at radius 3 is 3.06 bits per heavy atom. The van der Waals surface area contributed by atoms with Crippen molar-refractivity contribution in [3.05, 3.63) is 22.4 Å². The van der Waals surface area contributed by atoms with E-state index in [0.29, 0.717) is 6.04 Å². The summed E-state index contributed by atoms with van der Waals surface area (Å²) in [7, 11) is 0. The molecule has 0 aliphatic heterocycles. The van der Waals surface area contributed by atoms with Gasteiger partial charge in [0.25, 0.3) is 0 Å². The minimum Gasteiger partial charge on any atom is -0.327 e. The lowest BCUT2D eigenvalue weighted by molar-refractivity contribution is 0.240. The lowest BCUT2D eigenvalue weighted by Crippen LogP contribution is -2.33. The zero-order valence-corrected chi connectivity index (χ0v) is 11.0. The van der Waals surface area contributed by atoms with Gasteiger partial charge in [-0.3, -0.25) is 0 Å². The third-order valence-electron chi connectivity index (χ3n) is 3.93. The molecule has 0 amide bonds. The molecule has 0 radical (unpaired) electrons. The predicted molar refractivity (Wildman–Crippen MR) is 71.7 cm³/mol. The minimum absolute atomic E-state index is 0.419. The third-order valence-corrected chi connectivity index (χ3v) is 4.66. The van der Waals surface area contributed by atoms with Crippen LogP contribution in [0.2, 0.25) is 0 Å². The summed E-state index contributed by atoms with van der Waals surface area (Å²) in [5.74, 6) is 1.67. The first-order chi connectivity index (χ1) is 7.75. The van der Waals surface area contributed by atoms with Gasteiger partial charge >= 0.3 is 0 Å². The number of thiophene rings is 1. The first kappa shape index (κ1) is 12.1. The number of hydrogen-bond acceptors (Lipinski definition) is 2. The van der Waals surface area contributed by atoms with Crippen LogP contribution in [-0.2, 0) is 6.42 Å². The van der Waals surface area contributed by atoms with Crippen molar-refractivity contribution in [2.24, 2.45) is 17.6 Å². The van der Waals surface area contributed by atoms with Crippen LogP contribution in [0.1, 0.15) is 44.6 Å². The van der Waals surface area contributed by atoms with Crippen molar-refractivity contribution in [1.29, 1.82) is 0 Å². The first-order valence-electron chi connectivity index (χ1n) is 6.52. The summed E-state index contributed by atoms with van der Waals surface area (Å²) < 4.78 is 0. The summed E-state index contributed by atoms with van der Waals surface area (Å²) in [6.45, 7) is 2.37. The molecule has 1 heterocycles. The Bertz CT molecular complexity index is 294. The highest BCUT2D eigenvalue weighted by Gasteiger charge is 2.23. The topological polar surface area (TPSA) is 26.0 Å². The number of hydrogen-bond donors (Lipinski definition) is 1. The van der Waals surface area contributed by atoms with Gasteiger partial charge in [-0.1, -0.05) is 19.8 Å². The SMILES string of the molecule is CC1CCCC(C(N)CCc2ccsc2)C1. The van der Waals surface area contributed by atoms with E-state index in [1.165, 1.54) is 31.2 Å². The molecule has 0 aromatic carbocycles. The van der Waals surface area contributed by atoms with Gasteiger partial charge in [0.1, 0.15) is 0 Å². The van der Waals surface area contributed by atoms with Gasteiger partial charge in [-0.2, -0.15) is 11.3 Å². The van der Waals surface area contributed by atoms with E-state index in [0.717, 1.165) is 24.7 Å². The van der Waals surface area contributed by atoms with Gasteiger partial charge in [-0.15, -0.1) is 0 Å². The molecule has 1 saturated carbocycles. The van der Waals surface area contributed by atoms with E-state index in [9.17, 15) is 0 Å². The Labute approximate surface area is 103 Å². The summed E-state index contributed by atoms with van der Waals surface area (Å²) in [6, 6.07) is 2.64. The summed E-state index contributed by atoms with van der Waals surface area (Å²) in [6.07, 6.45) is 7.83. The molecule has 1 aromatic heterocycles. The fourth-order valence-electron chi connectivity index (χ4n) is 2.87. The second kappa shape index (κ2) is 5.83. The summed E-state index contributed by atoms with van der Waals surface area (Å²) in [5, 5.41) is 4.40. The molecule has 0 bridgehead atoms. The van der Waals surface area contributed by atoms with Crippen LogP contribution in [0, 0.1) is 11.8 Å². The molecular weight excluding hydrogens is 214 g/mol. The van der Waals surface area contributed by atoms with Crippen LogP contribution in [0.25, 0.3) is 0 Å². The van der Waals surface area contributed by atoms with Gasteiger partial charge in [0.15, 0.2) is 0 Å². The maximum Gasteiger partial charge on any atom is 0.00704 e. The largest absolute Gasteiger partial charge is 0.327 e. The van der Waals surface area contributed by atoms with Crippen molar-refractivity contribution < 1.29 is 0 Å². The van der Waals surface area contributed by atoms with E-state index in [1.807, 2.05) is 0 Å². The molecular formula is C14H23NS. The van der Waals surface area contributed by atoms with Crippen molar-refractivity contribution >= 4 is 11.3 Å². The van der Waals surface area contributed by atoms with Crippen LogP contribution in [0.3, 0.4) is 0 Å². The Balaban J connectivity index is 1.76. The van der Waals surface area contributed by atoms with Crippen molar-refractivity contribution in [3.63, 3.8) is 0 Å². The Morgan fingerprint density at radius 1 is 1.50 bits per heavy atom. The van der Waals surface area contributed by atoms with E-state index in [-0.39, 0.29) is 0 Å². The Morgan fingerprint density at radius 2 is 2.38 bits per heavy atom. The molecule has 3 atom stereocenters. The van der Waals surface area contributed by atoms with E-state index in [2.05, 4.69) is 23.8 Å². The average Bonchev–Trinajstić information content (AvgIpc) is 2.78. The summed E-state index contributed by atoms with van der Waals surface area (Å²) in [5.41, 5.74) is 7.79. The highest BCUT2D eigenvalue weighted by Crippen LogP contribution is 2.31. The molecule has 1 nitrogen and oxygen atoms in total. The molecule has 2 rings (SSSR count). The maximum absolute atomic E-state index is 6.33. The predicted octanol–water partition coefficient (Wildman–Crippen LogP) is 3.83. The van der Waals surface area contributed by atoms with Gasteiger partial charge in [0, 0.05) is 6.04 Å². The fourth-order valence-corrected chi connectivity index (χ4v) is 3.58. The standard InChI is InChI=1S/C14H23NS/c1-11-3-2-4-13(9-11)14(15)6-5-12-7-8-16-10-12/h7-8,10-11,13-14H,2-6,9,15H2,1H3. The molecule has 0 spiro atoms. The van der Waals surface area contributed by atoms with Crippen molar-refractivity contribution in [3.8, 4) is 0 Å². The van der Waals surface area contributed by atoms with Gasteiger partial charge in [-0.05, 0) is 59.9 Å². The molecule has 2 N–H and O–H groups in total. The minimum atomic E-state index is 0.419. The van der Waals surface area contributed by atoms with Crippen molar-refractivity contribution in [2.45, 2.75) is 51.5 Å². The van der Waals surface area contributed by atoms with Crippen molar-refractivity contribution in [2.75, 3.05) is 0 Å². The summed E-state index contributed by atoms with van der Waals surface area (Å²) in [4.78, 5) is 0. The van der Waals surface area contributed by atoms with Crippen LogP contribution >= 0.6 is 11.3 Å². The van der Waals surface area contributed by atoms with Gasteiger partial charge in [0.2, 0.25) is 0 Å². The zero-order valence-electron chi connectivity index (χ0n) is 10.2. The van der Waals surface area contributed by atoms with Gasteiger partial charge in [0.05, 0.1) is 0 Å². The molecule has 1 aliphatic rings.